The van der Waals surface area contributed by atoms with Gasteiger partial charge < -0.3 is 14.5 Å². The van der Waals surface area contributed by atoms with Gasteiger partial charge >= 0.3 is 12.1 Å². The molecule has 9 atom stereocenters. The minimum atomic E-state index is -4.44. The van der Waals surface area contributed by atoms with Crippen molar-refractivity contribution in [1.82, 2.24) is 4.90 Å². The summed E-state index contributed by atoms with van der Waals surface area (Å²) in [4.78, 5) is 45.0. The normalized spacial score (nSPS) is 41.5. The number of hydrogen-bond donors (Lipinski definition) is 0. The fraction of sp³-hybridized carbons (Fsp3) is 0.744. The summed E-state index contributed by atoms with van der Waals surface area (Å²) in [6.45, 7) is 19.0. The van der Waals surface area contributed by atoms with Crippen molar-refractivity contribution in [3.8, 4) is 0 Å². The van der Waals surface area contributed by atoms with E-state index < -0.39 is 17.2 Å². The number of nitrogens with zero attached hydrogens (tertiary/aromatic N) is 2. The average Bonchev–Trinajstić information content (AvgIpc) is 3.07. The maximum absolute atomic E-state index is 14.8. The fourth-order valence-corrected chi connectivity index (χ4v) is 13.3. The number of fused-ring (bicyclic) bond motifs is 7. The van der Waals surface area contributed by atoms with Crippen LogP contribution in [0.15, 0.2) is 35.9 Å². The van der Waals surface area contributed by atoms with Crippen LogP contribution < -0.4 is 4.90 Å². The molecule has 52 heavy (non-hydrogen) atoms. The smallest absolute Gasteiger partial charge is 0.418 e. The Morgan fingerprint density at radius 1 is 0.846 bits per heavy atom. The molecule has 1 saturated heterocycles. The number of halogens is 3. The summed E-state index contributed by atoms with van der Waals surface area (Å²) in [5.41, 5.74) is -0.685. The van der Waals surface area contributed by atoms with E-state index in [0.717, 1.165) is 57.4 Å². The van der Waals surface area contributed by atoms with Gasteiger partial charge in [-0.05, 0) is 109 Å². The van der Waals surface area contributed by atoms with E-state index in [9.17, 15) is 27.6 Å². The summed E-state index contributed by atoms with van der Waals surface area (Å²) in [5.74, 6) is 0.334. The number of carbonyl (C=O) groups is 3. The minimum Gasteiger partial charge on any atom is -0.462 e. The zero-order chi connectivity index (χ0) is 37.9. The van der Waals surface area contributed by atoms with Gasteiger partial charge in [-0.25, -0.2) is 0 Å². The van der Waals surface area contributed by atoms with Crippen LogP contribution >= 0.6 is 0 Å². The van der Waals surface area contributed by atoms with Crippen molar-refractivity contribution in [2.24, 2.45) is 50.2 Å². The number of benzene rings is 1. The van der Waals surface area contributed by atoms with E-state index in [2.05, 4.69) is 48.5 Å². The standard InChI is InChI=1S/C43H59F3N2O4/c1-27(49)52-34-14-15-40(6)33(37(34,2)3)13-16-42(8)35(40)32(50)25-29-30-26-39(5,18-17-38(30,4)19-20-41(29,42)7)36(51)48-23-21-47(22-24-48)31-12-10-9-11-28(31)43(44,45)46/h9-12,25,30,33-35H,13-24,26H2,1-8H3/t30-,33-,34-,35+,38+,39-,40-,41+,42+/m0/s1. The first kappa shape index (κ1) is 37.5. The third kappa shape index (κ3) is 5.42. The molecule has 286 valence electrons. The van der Waals surface area contributed by atoms with E-state index in [0.29, 0.717) is 32.6 Å². The number of ether oxygens (including phenoxy) is 1. The molecule has 1 aromatic carbocycles. The van der Waals surface area contributed by atoms with Gasteiger partial charge in [0, 0.05) is 55.5 Å². The SMILES string of the molecule is CC(=O)O[C@H]1CC[C@]2(C)[C@H]3C(=O)C=C4[C@@H]5C[C@@](C)(C(=O)N6CCN(c7ccccc7C(F)(F)F)CC6)CC[C@]5(C)CC[C@@]4(C)[C@]3(C)CC[C@H]2C1(C)C. The van der Waals surface area contributed by atoms with Crippen molar-refractivity contribution in [3.63, 3.8) is 0 Å². The number of rotatable bonds is 3. The highest BCUT2D eigenvalue weighted by Gasteiger charge is 2.70. The third-order valence-corrected chi connectivity index (χ3v) is 16.5. The Morgan fingerprint density at radius 3 is 2.15 bits per heavy atom. The van der Waals surface area contributed by atoms with Crippen molar-refractivity contribution >= 4 is 23.3 Å². The molecular formula is C43H59F3N2O4. The lowest BCUT2D eigenvalue weighted by molar-refractivity contribution is -0.210. The summed E-state index contributed by atoms with van der Waals surface area (Å²) in [6, 6.07) is 5.70. The van der Waals surface area contributed by atoms with Gasteiger partial charge in [-0.15, -0.1) is 0 Å². The lowest BCUT2D eigenvalue weighted by Gasteiger charge is -2.70. The maximum atomic E-state index is 14.8. The Hall–Kier alpha value is -2.84. The first-order valence-electron chi connectivity index (χ1n) is 19.7. The summed E-state index contributed by atoms with van der Waals surface area (Å²) < 4.78 is 47.3. The van der Waals surface area contributed by atoms with Crippen LogP contribution in [-0.4, -0.2) is 54.8 Å². The maximum Gasteiger partial charge on any atom is 0.418 e. The second-order valence-corrected chi connectivity index (χ2v) is 19.5. The topological polar surface area (TPSA) is 66.9 Å². The largest absolute Gasteiger partial charge is 0.462 e. The first-order valence-corrected chi connectivity index (χ1v) is 19.7. The Labute approximate surface area is 308 Å². The van der Waals surface area contributed by atoms with Crippen molar-refractivity contribution < 1.29 is 32.3 Å². The van der Waals surface area contributed by atoms with E-state index in [1.165, 1.54) is 24.6 Å². The molecule has 1 aromatic rings. The lowest BCUT2D eigenvalue weighted by atomic mass is 9.33. The van der Waals surface area contributed by atoms with Crippen molar-refractivity contribution in [2.75, 3.05) is 31.1 Å². The Kier molecular flexibility index (Phi) is 8.71. The van der Waals surface area contributed by atoms with Crippen molar-refractivity contribution in [2.45, 2.75) is 125 Å². The predicted octanol–water partition coefficient (Wildman–Crippen LogP) is 9.27. The van der Waals surface area contributed by atoms with E-state index in [1.807, 2.05) is 11.0 Å². The van der Waals surface area contributed by atoms with Gasteiger partial charge in [-0.1, -0.05) is 66.2 Å². The molecule has 5 aliphatic carbocycles. The minimum absolute atomic E-state index is 0.000202. The Balaban J connectivity index is 1.14. The molecular weight excluding hydrogens is 665 g/mol. The molecule has 0 N–H and O–H groups in total. The zero-order valence-electron chi connectivity index (χ0n) is 32.5. The lowest BCUT2D eigenvalue weighted by Crippen LogP contribution is -2.67. The molecule has 4 saturated carbocycles. The predicted molar refractivity (Wildman–Crippen MR) is 195 cm³/mol. The number of amides is 1. The number of anilines is 1. The molecule has 1 heterocycles. The number of allylic oxidation sites excluding steroid dienone is 2. The third-order valence-electron chi connectivity index (χ3n) is 16.5. The number of para-hydroxylation sites is 1. The Morgan fingerprint density at radius 2 is 1.50 bits per heavy atom. The number of hydrogen-bond acceptors (Lipinski definition) is 5. The molecule has 0 aromatic heterocycles. The molecule has 6 nitrogen and oxygen atoms in total. The molecule has 9 heteroatoms. The molecule has 7 rings (SSSR count). The molecule has 5 fully saturated rings. The van der Waals surface area contributed by atoms with Crippen LogP contribution in [0.5, 0.6) is 0 Å². The molecule has 6 aliphatic rings. The molecule has 0 spiro atoms. The Bertz CT molecular complexity index is 1680. The number of ketones is 1. The molecule has 0 radical (unpaired) electrons. The average molecular weight is 725 g/mol. The van der Waals surface area contributed by atoms with Gasteiger partial charge in [0.05, 0.1) is 5.56 Å². The summed E-state index contributed by atoms with van der Waals surface area (Å²) >= 11 is 0. The van der Waals surface area contributed by atoms with E-state index >= 15 is 0 Å². The molecule has 1 amide bonds. The van der Waals surface area contributed by atoms with Crippen molar-refractivity contribution in [3.05, 3.63) is 41.5 Å². The summed E-state index contributed by atoms with van der Waals surface area (Å²) in [6.07, 6.45) is 5.44. The first-order chi connectivity index (χ1) is 24.1. The van der Waals surface area contributed by atoms with E-state index in [1.54, 1.807) is 11.0 Å². The van der Waals surface area contributed by atoms with Crippen LogP contribution in [0.4, 0.5) is 18.9 Å². The highest BCUT2D eigenvalue weighted by atomic mass is 19.4. The van der Waals surface area contributed by atoms with Crippen LogP contribution in [0.1, 0.15) is 119 Å². The number of esters is 1. The second-order valence-electron chi connectivity index (χ2n) is 19.5. The zero-order valence-corrected chi connectivity index (χ0v) is 32.5. The number of piperazine rings is 1. The number of alkyl halides is 3. The van der Waals surface area contributed by atoms with Gasteiger partial charge in [0.2, 0.25) is 5.91 Å². The second kappa shape index (κ2) is 12.1. The molecule has 0 bridgehead atoms. The van der Waals surface area contributed by atoms with Gasteiger partial charge in [0.25, 0.3) is 0 Å². The highest BCUT2D eigenvalue weighted by molar-refractivity contribution is 5.96. The van der Waals surface area contributed by atoms with Gasteiger partial charge in [-0.2, -0.15) is 13.2 Å². The van der Waals surface area contributed by atoms with Crippen LogP contribution in [0.25, 0.3) is 0 Å². The summed E-state index contributed by atoms with van der Waals surface area (Å²) in [5, 5.41) is 0. The van der Waals surface area contributed by atoms with E-state index in [-0.39, 0.29) is 74.3 Å². The molecule has 0 unspecified atom stereocenters. The van der Waals surface area contributed by atoms with Gasteiger partial charge in [0.15, 0.2) is 5.78 Å². The molecule has 1 aliphatic heterocycles. The highest BCUT2D eigenvalue weighted by Crippen LogP contribution is 2.75. The van der Waals surface area contributed by atoms with Crippen LogP contribution in [0.3, 0.4) is 0 Å². The van der Waals surface area contributed by atoms with Crippen LogP contribution in [0, 0.1) is 50.2 Å². The monoisotopic (exact) mass is 724 g/mol. The summed E-state index contributed by atoms with van der Waals surface area (Å²) in [7, 11) is 0. The number of carbonyl (C=O) groups excluding carboxylic acids is 3. The van der Waals surface area contributed by atoms with Gasteiger partial charge in [0.1, 0.15) is 6.10 Å². The quantitative estimate of drug-likeness (QED) is 0.291. The van der Waals surface area contributed by atoms with Crippen LogP contribution in [-0.2, 0) is 25.3 Å². The van der Waals surface area contributed by atoms with Crippen LogP contribution in [0.2, 0.25) is 0 Å². The fourth-order valence-electron chi connectivity index (χ4n) is 13.3. The van der Waals surface area contributed by atoms with Gasteiger partial charge in [-0.3, -0.25) is 14.4 Å². The van der Waals surface area contributed by atoms with Crippen molar-refractivity contribution in [1.29, 1.82) is 0 Å². The van der Waals surface area contributed by atoms with E-state index in [4.69, 9.17) is 4.74 Å².